The van der Waals surface area contributed by atoms with Crippen LogP contribution in [0.2, 0.25) is 0 Å². The molecule has 2 fully saturated rings. The minimum atomic E-state index is -0.541. The SMILES string of the molecule is C=C/N=c1\[nH]c2ccc(CN3CCN(C(=C)C4CCN(c5cc(F)cc(F)c5)C4)[C@@H](C)C3)cc2n1C[C@H](C)CCCC/C(NC)=C(/C=N)c1cc(C)cc(C)n1. The molecule has 0 bridgehead atoms. The van der Waals surface area contributed by atoms with Gasteiger partial charge in [-0.15, -0.1) is 0 Å². The first kappa shape index (κ1) is 40.6. The number of H-pyrrole nitrogens is 1. The molecular weight excluding hydrogens is 705 g/mol. The van der Waals surface area contributed by atoms with Gasteiger partial charge in [-0.3, -0.25) is 9.88 Å². The summed E-state index contributed by atoms with van der Waals surface area (Å²) in [7, 11) is 1.93. The number of hydrogen-bond acceptors (Lipinski definition) is 7. The van der Waals surface area contributed by atoms with Crippen molar-refractivity contribution in [2.75, 3.05) is 44.7 Å². The molecule has 11 heteroatoms. The van der Waals surface area contributed by atoms with Gasteiger partial charge in [0.25, 0.3) is 0 Å². The highest BCUT2D eigenvalue weighted by atomic mass is 19.1. The van der Waals surface area contributed by atoms with Crippen LogP contribution in [-0.2, 0) is 13.1 Å². The van der Waals surface area contributed by atoms with Crippen molar-refractivity contribution in [2.45, 2.75) is 78.9 Å². The molecule has 2 aliphatic rings. The Morgan fingerprint density at radius 2 is 1.86 bits per heavy atom. The Bertz CT molecular complexity index is 2110. The molecule has 298 valence electrons. The molecule has 2 aromatic heterocycles. The number of unbranched alkanes of at least 4 members (excludes halogenated alkanes) is 1. The zero-order valence-corrected chi connectivity index (χ0v) is 33.8. The lowest BCUT2D eigenvalue weighted by atomic mass is 10.00. The maximum atomic E-state index is 13.9. The normalized spacial score (nSPS) is 19.0. The van der Waals surface area contributed by atoms with E-state index in [9.17, 15) is 8.78 Å². The lowest BCUT2D eigenvalue weighted by Gasteiger charge is -2.43. The van der Waals surface area contributed by atoms with Crippen molar-refractivity contribution in [3.63, 3.8) is 0 Å². The standard InChI is InChI=1S/C45H59F2N9/c1-8-50-45-52-42-14-13-35(28-53-17-18-55(33(5)27-53)34(6)36-15-16-54(29-36)39-23-37(46)22-38(47)24-39)21-44(42)56(45)26-30(2)11-9-10-12-41(49-7)40(25-48)43-20-31(3)19-32(4)51-43/h8,13-14,19-25,30,33,36,48-49H,1,6,9-12,15-18,26-29H2,2-5,7H3,(H,50,52)/b41-40+,48-25?/t30-,33+,36?/m1/s1. The number of nitrogens with one attached hydrogen (secondary N) is 3. The van der Waals surface area contributed by atoms with Crippen molar-refractivity contribution in [1.82, 2.24) is 29.7 Å². The molecule has 0 spiro atoms. The van der Waals surface area contributed by atoms with Gasteiger partial charge in [-0.1, -0.05) is 32.6 Å². The van der Waals surface area contributed by atoms with Crippen LogP contribution in [-0.4, -0.2) is 76.4 Å². The summed E-state index contributed by atoms with van der Waals surface area (Å²) in [5.74, 6) is -0.399. The van der Waals surface area contributed by atoms with E-state index in [1.54, 1.807) is 6.20 Å². The number of benzene rings is 2. The van der Waals surface area contributed by atoms with Crippen LogP contribution in [0.25, 0.3) is 16.6 Å². The molecule has 2 aromatic carbocycles. The Balaban J connectivity index is 1.05. The van der Waals surface area contributed by atoms with Crippen molar-refractivity contribution in [2.24, 2.45) is 16.8 Å². The van der Waals surface area contributed by atoms with E-state index in [1.807, 2.05) is 14.0 Å². The number of aryl methyl sites for hydroxylation is 2. The monoisotopic (exact) mass is 763 g/mol. The highest BCUT2D eigenvalue weighted by Gasteiger charge is 2.32. The van der Waals surface area contributed by atoms with Crippen LogP contribution in [0.15, 0.2) is 84.3 Å². The van der Waals surface area contributed by atoms with E-state index >= 15 is 0 Å². The number of piperazine rings is 1. The number of halogens is 2. The van der Waals surface area contributed by atoms with Crippen LogP contribution in [0.1, 0.15) is 68.5 Å². The number of aromatic amines is 1. The third kappa shape index (κ3) is 9.67. The number of allylic oxidation sites excluding steroid dienone is 2. The summed E-state index contributed by atoms with van der Waals surface area (Å²) in [4.78, 5) is 19.9. The number of aromatic nitrogens is 3. The van der Waals surface area contributed by atoms with E-state index in [0.29, 0.717) is 17.6 Å². The summed E-state index contributed by atoms with van der Waals surface area (Å²) in [5, 5.41) is 11.5. The van der Waals surface area contributed by atoms with E-state index in [2.05, 4.69) is 98.8 Å². The molecule has 2 aliphatic heterocycles. The number of fused-ring (bicyclic) bond motifs is 1. The fraction of sp³-hybridized carbons (Fsp3) is 0.444. The van der Waals surface area contributed by atoms with E-state index in [0.717, 1.165) is 135 Å². The van der Waals surface area contributed by atoms with E-state index in [4.69, 9.17) is 10.4 Å². The average molecular weight is 764 g/mol. The predicted octanol–water partition coefficient (Wildman–Crippen LogP) is 8.33. The Morgan fingerprint density at radius 1 is 1.07 bits per heavy atom. The first-order chi connectivity index (χ1) is 27.0. The van der Waals surface area contributed by atoms with E-state index in [-0.39, 0.29) is 5.92 Å². The summed E-state index contributed by atoms with van der Waals surface area (Å²) in [6, 6.07) is 14.9. The van der Waals surface area contributed by atoms with Crippen LogP contribution in [0.3, 0.4) is 0 Å². The summed E-state index contributed by atoms with van der Waals surface area (Å²) in [5.41, 5.74) is 10.9. The summed E-state index contributed by atoms with van der Waals surface area (Å²) < 4.78 is 30.1. The Hall–Kier alpha value is -5.03. The van der Waals surface area contributed by atoms with Crippen molar-refractivity contribution in [3.05, 3.63) is 119 Å². The summed E-state index contributed by atoms with van der Waals surface area (Å²) in [6.07, 6.45) is 7.97. The van der Waals surface area contributed by atoms with E-state index < -0.39 is 11.6 Å². The van der Waals surface area contributed by atoms with Gasteiger partial charge in [-0.25, -0.2) is 13.8 Å². The van der Waals surface area contributed by atoms with Crippen LogP contribution in [0.5, 0.6) is 0 Å². The highest BCUT2D eigenvalue weighted by Crippen LogP contribution is 2.32. The van der Waals surface area contributed by atoms with Gasteiger partial charge in [-0.05, 0) is 99.9 Å². The van der Waals surface area contributed by atoms with Gasteiger partial charge in [0.05, 0.1) is 16.7 Å². The van der Waals surface area contributed by atoms with Crippen molar-refractivity contribution in [3.8, 4) is 0 Å². The summed E-state index contributed by atoms with van der Waals surface area (Å²) >= 11 is 0. The largest absolute Gasteiger partial charge is 0.391 e. The fourth-order valence-corrected chi connectivity index (χ4v) is 8.65. The molecule has 2 saturated heterocycles. The first-order valence-electron chi connectivity index (χ1n) is 20.1. The predicted molar refractivity (Wildman–Crippen MR) is 225 cm³/mol. The zero-order chi connectivity index (χ0) is 39.9. The summed E-state index contributed by atoms with van der Waals surface area (Å²) in [6.45, 7) is 23.0. The second kappa shape index (κ2) is 18.3. The molecule has 3 N–H and O–H groups in total. The fourth-order valence-electron chi connectivity index (χ4n) is 8.65. The smallest absolute Gasteiger partial charge is 0.207 e. The Morgan fingerprint density at radius 3 is 2.55 bits per heavy atom. The van der Waals surface area contributed by atoms with Gasteiger partial charge in [0.1, 0.15) is 11.6 Å². The molecule has 6 rings (SSSR count). The average Bonchev–Trinajstić information content (AvgIpc) is 3.78. The first-order valence-corrected chi connectivity index (χ1v) is 20.1. The highest BCUT2D eigenvalue weighted by molar-refractivity contribution is 6.08. The number of hydrogen-bond donors (Lipinski definition) is 3. The van der Waals surface area contributed by atoms with Gasteiger partial charge in [0.15, 0.2) is 0 Å². The quantitative estimate of drug-likeness (QED) is 0.0789. The molecule has 4 heterocycles. The molecule has 3 atom stereocenters. The molecule has 9 nitrogen and oxygen atoms in total. The maximum Gasteiger partial charge on any atom is 0.207 e. The van der Waals surface area contributed by atoms with Crippen molar-refractivity contribution in [1.29, 1.82) is 5.41 Å². The van der Waals surface area contributed by atoms with Crippen molar-refractivity contribution >= 4 is 28.5 Å². The number of imidazole rings is 1. The van der Waals surface area contributed by atoms with Crippen molar-refractivity contribution < 1.29 is 8.78 Å². The topological polar surface area (TPSA) is 91.6 Å². The van der Waals surface area contributed by atoms with Crippen LogP contribution in [0.4, 0.5) is 14.5 Å². The molecular formula is C45H59F2N9. The lowest BCUT2D eigenvalue weighted by molar-refractivity contribution is 0.0974. The third-order valence-corrected chi connectivity index (χ3v) is 11.4. The van der Waals surface area contributed by atoms with E-state index in [1.165, 1.54) is 23.9 Å². The van der Waals surface area contributed by atoms with Gasteiger partial charge in [-0.2, -0.15) is 0 Å². The van der Waals surface area contributed by atoms with Crippen LogP contribution < -0.4 is 15.8 Å². The minimum absolute atomic E-state index is 0.258. The number of anilines is 1. The molecule has 0 aliphatic carbocycles. The second-order valence-corrected chi connectivity index (χ2v) is 15.9. The number of rotatable bonds is 16. The van der Waals surface area contributed by atoms with Gasteiger partial charge in [0, 0.05) is 112 Å². The lowest BCUT2D eigenvalue weighted by Crippen LogP contribution is -2.51. The molecule has 4 aromatic rings. The third-order valence-electron chi connectivity index (χ3n) is 11.4. The van der Waals surface area contributed by atoms with Crippen LogP contribution >= 0.6 is 0 Å². The Kier molecular flexibility index (Phi) is 13.3. The minimum Gasteiger partial charge on any atom is -0.391 e. The molecule has 0 radical (unpaired) electrons. The molecule has 0 saturated carbocycles. The molecule has 1 unspecified atom stereocenters. The Labute approximate surface area is 331 Å². The molecule has 0 amide bonds. The number of nitrogens with zero attached hydrogens (tertiary/aromatic N) is 6. The van der Waals surface area contributed by atoms with Gasteiger partial charge >= 0.3 is 0 Å². The molecule has 56 heavy (non-hydrogen) atoms. The second-order valence-electron chi connectivity index (χ2n) is 15.9. The van der Waals surface area contributed by atoms with Gasteiger partial charge in [0.2, 0.25) is 5.62 Å². The van der Waals surface area contributed by atoms with Gasteiger partial charge < -0.3 is 30.1 Å². The van der Waals surface area contributed by atoms with Crippen LogP contribution in [0, 0.1) is 42.7 Å². The maximum absolute atomic E-state index is 13.9. The number of pyridine rings is 1. The zero-order valence-electron chi connectivity index (χ0n) is 33.8.